The molecule has 0 atom stereocenters. The molecule has 120 valence electrons. The van der Waals surface area contributed by atoms with Crippen molar-refractivity contribution < 1.29 is 13.2 Å². The monoisotopic (exact) mass is 311 g/mol. The Hall–Kier alpha value is -1.82. The van der Waals surface area contributed by atoms with Crippen molar-refractivity contribution in [1.29, 1.82) is 0 Å². The van der Waals surface area contributed by atoms with Gasteiger partial charge in [-0.3, -0.25) is 5.10 Å². The Bertz CT molecular complexity index is 624. The number of hydrogen-bond donors (Lipinski definition) is 2. The van der Waals surface area contributed by atoms with Crippen molar-refractivity contribution in [1.82, 2.24) is 15.5 Å². The first kappa shape index (κ1) is 16.5. The number of hydrogen-bond acceptors (Lipinski definition) is 2. The van der Waals surface area contributed by atoms with Gasteiger partial charge in [0.25, 0.3) is 0 Å². The summed E-state index contributed by atoms with van der Waals surface area (Å²) in [6, 6.07) is 5.37. The molecule has 2 aromatic rings. The summed E-state index contributed by atoms with van der Waals surface area (Å²) in [5.41, 5.74) is 1.99. The van der Waals surface area contributed by atoms with E-state index in [0.717, 1.165) is 17.3 Å². The van der Waals surface area contributed by atoms with E-state index in [4.69, 9.17) is 0 Å². The highest BCUT2D eigenvalue weighted by molar-refractivity contribution is 5.26. The fourth-order valence-corrected chi connectivity index (χ4v) is 2.29. The van der Waals surface area contributed by atoms with Crippen molar-refractivity contribution in [2.24, 2.45) is 0 Å². The molecule has 0 amide bonds. The van der Waals surface area contributed by atoms with Crippen molar-refractivity contribution >= 4 is 0 Å². The van der Waals surface area contributed by atoms with Crippen molar-refractivity contribution in [3.8, 4) is 0 Å². The van der Waals surface area contributed by atoms with Gasteiger partial charge >= 0.3 is 6.18 Å². The molecule has 0 aliphatic rings. The molecule has 0 aliphatic heterocycles. The minimum atomic E-state index is -4.31. The van der Waals surface area contributed by atoms with Gasteiger partial charge in [0.2, 0.25) is 0 Å². The second kappa shape index (κ2) is 6.12. The van der Waals surface area contributed by atoms with Gasteiger partial charge in [0, 0.05) is 29.8 Å². The van der Waals surface area contributed by atoms with Gasteiger partial charge in [-0.1, -0.05) is 39.0 Å². The molecule has 0 aliphatic carbocycles. The van der Waals surface area contributed by atoms with Crippen LogP contribution in [0.25, 0.3) is 0 Å². The third kappa shape index (κ3) is 4.10. The van der Waals surface area contributed by atoms with E-state index in [-0.39, 0.29) is 5.41 Å². The Kier molecular flexibility index (Phi) is 4.60. The summed E-state index contributed by atoms with van der Waals surface area (Å²) in [5.74, 6) is 0. The van der Waals surface area contributed by atoms with E-state index < -0.39 is 11.7 Å². The summed E-state index contributed by atoms with van der Waals surface area (Å²) < 4.78 is 38.0. The number of alkyl halides is 3. The summed E-state index contributed by atoms with van der Waals surface area (Å²) in [5, 5.41) is 10.2. The average Bonchev–Trinajstić information content (AvgIpc) is 2.86. The van der Waals surface area contributed by atoms with Crippen LogP contribution in [-0.4, -0.2) is 10.2 Å². The maximum Gasteiger partial charge on any atom is 0.416 e. The zero-order valence-corrected chi connectivity index (χ0v) is 12.9. The van der Waals surface area contributed by atoms with Gasteiger partial charge in [-0.15, -0.1) is 0 Å². The molecule has 1 heterocycles. The summed E-state index contributed by atoms with van der Waals surface area (Å²) in [6.45, 7) is 7.17. The number of aromatic amines is 1. The molecular formula is C16H20F3N3. The van der Waals surface area contributed by atoms with Crippen molar-refractivity contribution in [3.63, 3.8) is 0 Å². The van der Waals surface area contributed by atoms with Crippen LogP contribution in [0.15, 0.2) is 30.5 Å². The molecular weight excluding hydrogens is 291 g/mol. The third-order valence-electron chi connectivity index (χ3n) is 3.37. The lowest BCUT2D eigenvalue weighted by molar-refractivity contribution is -0.137. The molecule has 0 spiro atoms. The van der Waals surface area contributed by atoms with E-state index in [0.29, 0.717) is 18.7 Å². The van der Waals surface area contributed by atoms with E-state index in [9.17, 15) is 13.2 Å². The van der Waals surface area contributed by atoms with Gasteiger partial charge < -0.3 is 5.32 Å². The van der Waals surface area contributed by atoms with Crippen molar-refractivity contribution in [2.45, 2.75) is 45.5 Å². The highest BCUT2D eigenvalue weighted by atomic mass is 19.4. The predicted molar refractivity (Wildman–Crippen MR) is 79.3 cm³/mol. The number of nitrogens with zero attached hydrogens (tertiary/aromatic N) is 1. The molecule has 2 N–H and O–H groups in total. The molecule has 1 aromatic heterocycles. The Labute approximate surface area is 127 Å². The van der Waals surface area contributed by atoms with Gasteiger partial charge in [0.15, 0.2) is 0 Å². The molecule has 0 saturated carbocycles. The van der Waals surface area contributed by atoms with E-state index in [2.05, 4.69) is 36.3 Å². The minimum Gasteiger partial charge on any atom is -0.308 e. The maximum absolute atomic E-state index is 12.7. The number of nitrogens with one attached hydrogen (secondary N) is 2. The van der Waals surface area contributed by atoms with Crippen LogP contribution in [0.5, 0.6) is 0 Å². The molecule has 1 aromatic carbocycles. The van der Waals surface area contributed by atoms with Gasteiger partial charge in [-0.2, -0.15) is 18.3 Å². The van der Waals surface area contributed by atoms with Gasteiger partial charge in [-0.25, -0.2) is 0 Å². The number of rotatable bonds is 4. The van der Waals surface area contributed by atoms with Crippen LogP contribution in [0, 0.1) is 0 Å². The molecule has 2 rings (SSSR count). The highest BCUT2D eigenvalue weighted by Crippen LogP contribution is 2.29. The molecule has 0 unspecified atom stereocenters. The third-order valence-corrected chi connectivity index (χ3v) is 3.37. The van der Waals surface area contributed by atoms with Crippen LogP contribution >= 0.6 is 0 Å². The van der Waals surface area contributed by atoms with Gasteiger partial charge in [-0.05, 0) is 11.6 Å². The number of aromatic nitrogens is 2. The first-order chi connectivity index (χ1) is 10.2. The van der Waals surface area contributed by atoms with Crippen LogP contribution in [0.4, 0.5) is 13.2 Å². The van der Waals surface area contributed by atoms with E-state index >= 15 is 0 Å². The first-order valence-electron chi connectivity index (χ1n) is 7.07. The topological polar surface area (TPSA) is 40.7 Å². The predicted octanol–water partition coefficient (Wildman–Crippen LogP) is 4.02. The summed E-state index contributed by atoms with van der Waals surface area (Å²) in [7, 11) is 0. The summed E-state index contributed by atoms with van der Waals surface area (Å²) in [6.07, 6.45) is -2.56. The smallest absolute Gasteiger partial charge is 0.308 e. The van der Waals surface area contributed by atoms with Crippen LogP contribution in [0.2, 0.25) is 0 Å². The number of H-pyrrole nitrogens is 1. The molecule has 3 nitrogen and oxygen atoms in total. The van der Waals surface area contributed by atoms with Crippen LogP contribution in [-0.2, 0) is 24.7 Å². The second-order valence-electron chi connectivity index (χ2n) is 6.32. The van der Waals surface area contributed by atoms with Crippen LogP contribution in [0.3, 0.4) is 0 Å². The lowest BCUT2D eigenvalue weighted by Crippen LogP contribution is -2.19. The standard InChI is InChI=1S/C16H20F3N3/c1-15(2,3)14-12(10-21-22-14)9-20-8-11-5-4-6-13(7-11)16(17,18)19/h4-7,10,20H,8-9H2,1-3H3,(H,21,22). The lowest BCUT2D eigenvalue weighted by Gasteiger charge is -2.18. The molecule has 6 heteroatoms. The SMILES string of the molecule is CC(C)(C)c1[nH]ncc1CNCc1cccc(C(F)(F)F)c1. The van der Waals surface area contributed by atoms with E-state index in [1.165, 1.54) is 12.1 Å². The van der Waals surface area contributed by atoms with E-state index in [1.54, 1.807) is 12.3 Å². The highest BCUT2D eigenvalue weighted by Gasteiger charge is 2.30. The normalized spacial score (nSPS) is 12.6. The van der Waals surface area contributed by atoms with Crippen LogP contribution < -0.4 is 5.32 Å². The second-order valence-corrected chi connectivity index (χ2v) is 6.32. The summed E-state index contributed by atoms with van der Waals surface area (Å²) >= 11 is 0. The van der Waals surface area contributed by atoms with Gasteiger partial charge in [0.05, 0.1) is 11.8 Å². The zero-order valence-electron chi connectivity index (χ0n) is 12.9. The Morgan fingerprint density at radius 3 is 2.50 bits per heavy atom. The molecule has 0 bridgehead atoms. The Balaban J connectivity index is 1.99. The average molecular weight is 311 g/mol. The number of benzene rings is 1. The van der Waals surface area contributed by atoms with Crippen molar-refractivity contribution in [3.05, 3.63) is 52.8 Å². The fraction of sp³-hybridized carbons (Fsp3) is 0.438. The zero-order chi connectivity index (χ0) is 16.4. The molecule has 0 fully saturated rings. The maximum atomic E-state index is 12.7. The largest absolute Gasteiger partial charge is 0.416 e. The van der Waals surface area contributed by atoms with Crippen LogP contribution in [0.1, 0.15) is 43.2 Å². The Morgan fingerprint density at radius 1 is 1.14 bits per heavy atom. The van der Waals surface area contributed by atoms with Gasteiger partial charge in [0.1, 0.15) is 0 Å². The number of halogens is 3. The molecule has 0 radical (unpaired) electrons. The Morgan fingerprint density at radius 2 is 1.86 bits per heavy atom. The molecule has 0 saturated heterocycles. The lowest BCUT2D eigenvalue weighted by atomic mass is 9.89. The quantitative estimate of drug-likeness (QED) is 0.895. The fourth-order valence-electron chi connectivity index (χ4n) is 2.29. The minimum absolute atomic E-state index is 0.0519. The van der Waals surface area contributed by atoms with Crippen molar-refractivity contribution in [2.75, 3.05) is 0 Å². The first-order valence-corrected chi connectivity index (χ1v) is 7.07. The molecule has 22 heavy (non-hydrogen) atoms. The summed E-state index contributed by atoms with van der Waals surface area (Å²) in [4.78, 5) is 0. The van der Waals surface area contributed by atoms with E-state index in [1.807, 2.05) is 0 Å².